The SMILES string of the molecule is O=CC1(c2ccc(Br)c(F)c2)CCNCC1. The van der Waals surface area contributed by atoms with Gasteiger partial charge < -0.3 is 10.1 Å². The minimum absolute atomic E-state index is 0.308. The maximum Gasteiger partial charge on any atom is 0.137 e. The third-order valence-corrected chi connectivity index (χ3v) is 3.86. The molecule has 0 saturated carbocycles. The number of aldehydes is 1. The lowest BCUT2D eigenvalue weighted by molar-refractivity contribution is -0.113. The molecule has 1 aliphatic rings. The number of rotatable bonds is 2. The summed E-state index contributed by atoms with van der Waals surface area (Å²) in [6.45, 7) is 1.60. The van der Waals surface area contributed by atoms with Crippen LogP contribution in [0.15, 0.2) is 22.7 Å². The predicted octanol–water partition coefficient (Wildman–Crippen LogP) is 2.41. The number of hydrogen-bond acceptors (Lipinski definition) is 2. The highest BCUT2D eigenvalue weighted by molar-refractivity contribution is 9.10. The molecule has 0 aliphatic carbocycles. The van der Waals surface area contributed by atoms with Crippen molar-refractivity contribution in [1.29, 1.82) is 0 Å². The van der Waals surface area contributed by atoms with Gasteiger partial charge in [-0.25, -0.2) is 4.39 Å². The average molecular weight is 286 g/mol. The largest absolute Gasteiger partial charge is 0.317 e. The van der Waals surface area contributed by atoms with E-state index in [1.165, 1.54) is 6.07 Å². The Kier molecular flexibility index (Phi) is 3.40. The number of piperidine rings is 1. The van der Waals surface area contributed by atoms with Gasteiger partial charge in [0.15, 0.2) is 0 Å². The molecular formula is C12H13BrFNO. The zero-order valence-corrected chi connectivity index (χ0v) is 10.4. The van der Waals surface area contributed by atoms with Crippen LogP contribution in [0.1, 0.15) is 18.4 Å². The summed E-state index contributed by atoms with van der Waals surface area (Å²) in [7, 11) is 0. The zero-order valence-electron chi connectivity index (χ0n) is 8.80. The third-order valence-electron chi connectivity index (χ3n) is 3.22. The van der Waals surface area contributed by atoms with E-state index < -0.39 is 5.41 Å². The smallest absolute Gasteiger partial charge is 0.137 e. The van der Waals surface area contributed by atoms with Crippen LogP contribution in [-0.2, 0) is 10.2 Å². The van der Waals surface area contributed by atoms with Crippen LogP contribution < -0.4 is 5.32 Å². The van der Waals surface area contributed by atoms with Crippen LogP contribution in [0.25, 0.3) is 0 Å². The number of benzene rings is 1. The highest BCUT2D eigenvalue weighted by Gasteiger charge is 2.33. The van der Waals surface area contributed by atoms with E-state index in [2.05, 4.69) is 21.2 Å². The van der Waals surface area contributed by atoms with Crippen LogP contribution in [0, 0.1) is 5.82 Å². The van der Waals surface area contributed by atoms with Gasteiger partial charge in [0.25, 0.3) is 0 Å². The standard InChI is InChI=1S/C12H13BrFNO/c13-10-2-1-9(7-11(10)14)12(8-16)3-5-15-6-4-12/h1-2,7-8,15H,3-6H2. The minimum Gasteiger partial charge on any atom is -0.317 e. The molecule has 0 radical (unpaired) electrons. The van der Waals surface area contributed by atoms with Gasteiger partial charge >= 0.3 is 0 Å². The first kappa shape index (κ1) is 11.7. The van der Waals surface area contributed by atoms with Crippen molar-refractivity contribution in [2.45, 2.75) is 18.3 Å². The molecule has 2 rings (SSSR count). The summed E-state index contributed by atoms with van der Waals surface area (Å²) < 4.78 is 13.9. The van der Waals surface area contributed by atoms with Gasteiger partial charge in [0, 0.05) is 0 Å². The first-order chi connectivity index (χ1) is 7.68. The number of carbonyl (C=O) groups is 1. The number of carbonyl (C=O) groups excluding carboxylic acids is 1. The molecule has 16 heavy (non-hydrogen) atoms. The topological polar surface area (TPSA) is 29.1 Å². The van der Waals surface area contributed by atoms with Crippen molar-refractivity contribution in [3.63, 3.8) is 0 Å². The summed E-state index contributed by atoms with van der Waals surface area (Å²) in [5.41, 5.74) is 0.275. The van der Waals surface area contributed by atoms with Gasteiger partial charge in [-0.15, -0.1) is 0 Å². The minimum atomic E-state index is -0.507. The Balaban J connectivity index is 2.39. The summed E-state index contributed by atoms with van der Waals surface area (Å²) in [5.74, 6) is -0.308. The Labute approximate surface area is 102 Å². The maximum absolute atomic E-state index is 13.5. The molecule has 1 aliphatic heterocycles. The van der Waals surface area contributed by atoms with E-state index in [0.29, 0.717) is 4.47 Å². The summed E-state index contributed by atoms with van der Waals surface area (Å²) in [6.07, 6.45) is 2.44. The van der Waals surface area contributed by atoms with E-state index in [0.717, 1.165) is 37.8 Å². The number of hydrogen-bond donors (Lipinski definition) is 1. The van der Waals surface area contributed by atoms with E-state index in [-0.39, 0.29) is 5.82 Å². The van der Waals surface area contributed by atoms with E-state index >= 15 is 0 Å². The van der Waals surface area contributed by atoms with Crippen molar-refractivity contribution in [1.82, 2.24) is 5.32 Å². The van der Waals surface area contributed by atoms with E-state index in [1.54, 1.807) is 6.07 Å². The van der Waals surface area contributed by atoms with Crippen molar-refractivity contribution < 1.29 is 9.18 Å². The molecule has 1 saturated heterocycles. The molecule has 1 heterocycles. The van der Waals surface area contributed by atoms with Gasteiger partial charge in [-0.05, 0) is 59.6 Å². The van der Waals surface area contributed by atoms with Crippen LogP contribution in [0.2, 0.25) is 0 Å². The molecule has 1 N–H and O–H groups in total. The zero-order chi connectivity index (χ0) is 11.6. The Morgan fingerprint density at radius 1 is 1.38 bits per heavy atom. The fraction of sp³-hybridized carbons (Fsp3) is 0.417. The summed E-state index contributed by atoms with van der Waals surface area (Å²) in [4.78, 5) is 11.3. The lowest BCUT2D eigenvalue weighted by Crippen LogP contribution is -2.41. The second-order valence-corrected chi connectivity index (χ2v) is 5.01. The molecule has 0 aromatic heterocycles. The fourth-order valence-electron chi connectivity index (χ4n) is 2.15. The normalized spacial score (nSPS) is 19.4. The van der Waals surface area contributed by atoms with Crippen LogP contribution in [-0.4, -0.2) is 19.4 Å². The first-order valence-electron chi connectivity index (χ1n) is 5.30. The molecule has 86 valence electrons. The molecule has 0 bridgehead atoms. The number of halogens is 2. The van der Waals surface area contributed by atoms with Crippen LogP contribution in [0.4, 0.5) is 4.39 Å². The van der Waals surface area contributed by atoms with Gasteiger partial charge in [-0.3, -0.25) is 0 Å². The molecule has 1 aromatic rings. The summed E-state index contributed by atoms with van der Waals surface area (Å²) in [5, 5.41) is 3.21. The quantitative estimate of drug-likeness (QED) is 0.846. The van der Waals surface area contributed by atoms with Crippen molar-refractivity contribution >= 4 is 22.2 Å². The lowest BCUT2D eigenvalue weighted by Gasteiger charge is -2.33. The van der Waals surface area contributed by atoms with Crippen LogP contribution in [0.5, 0.6) is 0 Å². The first-order valence-corrected chi connectivity index (χ1v) is 6.10. The van der Waals surface area contributed by atoms with Gasteiger partial charge in [0.05, 0.1) is 9.89 Å². The highest BCUT2D eigenvalue weighted by Crippen LogP contribution is 2.33. The van der Waals surface area contributed by atoms with Gasteiger partial charge in [0.1, 0.15) is 12.1 Å². The molecule has 4 heteroatoms. The van der Waals surface area contributed by atoms with Crippen molar-refractivity contribution in [2.75, 3.05) is 13.1 Å². The Bertz CT molecular complexity index is 402. The van der Waals surface area contributed by atoms with Gasteiger partial charge in [0.2, 0.25) is 0 Å². The predicted molar refractivity (Wildman–Crippen MR) is 63.9 cm³/mol. The van der Waals surface area contributed by atoms with E-state index in [4.69, 9.17) is 0 Å². The monoisotopic (exact) mass is 285 g/mol. The second-order valence-electron chi connectivity index (χ2n) is 4.15. The van der Waals surface area contributed by atoms with Crippen molar-refractivity contribution in [3.05, 3.63) is 34.1 Å². The second kappa shape index (κ2) is 4.63. The average Bonchev–Trinajstić information content (AvgIpc) is 2.33. The van der Waals surface area contributed by atoms with Gasteiger partial charge in [-0.2, -0.15) is 0 Å². The molecule has 1 fully saturated rings. The molecule has 0 spiro atoms. The molecule has 0 unspecified atom stereocenters. The molecule has 2 nitrogen and oxygen atoms in total. The molecule has 1 aromatic carbocycles. The Hall–Kier alpha value is -0.740. The van der Waals surface area contributed by atoms with E-state index in [1.807, 2.05) is 6.07 Å². The molecular weight excluding hydrogens is 273 g/mol. The summed E-state index contributed by atoms with van der Waals surface area (Å²) >= 11 is 3.12. The van der Waals surface area contributed by atoms with Gasteiger partial charge in [-0.1, -0.05) is 6.07 Å². The highest BCUT2D eigenvalue weighted by atomic mass is 79.9. The fourth-order valence-corrected chi connectivity index (χ4v) is 2.40. The summed E-state index contributed by atoms with van der Waals surface area (Å²) in [6, 6.07) is 4.95. The lowest BCUT2D eigenvalue weighted by atomic mass is 9.74. The molecule has 0 amide bonds. The van der Waals surface area contributed by atoms with Crippen LogP contribution >= 0.6 is 15.9 Å². The van der Waals surface area contributed by atoms with Crippen LogP contribution in [0.3, 0.4) is 0 Å². The van der Waals surface area contributed by atoms with Crippen molar-refractivity contribution in [3.8, 4) is 0 Å². The molecule has 0 atom stereocenters. The Morgan fingerprint density at radius 3 is 2.62 bits per heavy atom. The maximum atomic E-state index is 13.5. The van der Waals surface area contributed by atoms with Crippen molar-refractivity contribution in [2.24, 2.45) is 0 Å². The third kappa shape index (κ3) is 2.04. The number of nitrogens with one attached hydrogen (secondary N) is 1. The van der Waals surface area contributed by atoms with E-state index in [9.17, 15) is 9.18 Å². The Morgan fingerprint density at radius 2 is 2.06 bits per heavy atom.